The number of hydrogen-bond donors (Lipinski definition) is 2. The van der Waals surface area contributed by atoms with Gasteiger partial charge in [0.15, 0.2) is 0 Å². The molecule has 1 aliphatic carbocycles. The number of nitrogens with one attached hydrogen (secondary N) is 2. The third-order valence-corrected chi connectivity index (χ3v) is 7.25. The predicted octanol–water partition coefficient (Wildman–Crippen LogP) is 4.55. The number of nitrogens with zero attached hydrogens (tertiary/aromatic N) is 2. The molecule has 158 valence electrons. The zero-order valence-electron chi connectivity index (χ0n) is 17.1. The third-order valence-electron chi connectivity index (χ3n) is 5.35. The molecule has 8 heteroatoms. The Labute approximate surface area is 189 Å². The van der Waals surface area contributed by atoms with Gasteiger partial charge in [0.2, 0.25) is 11.8 Å². The molecule has 1 aliphatic rings. The van der Waals surface area contributed by atoms with E-state index in [0.29, 0.717) is 16.3 Å². The monoisotopic (exact) mass is 488 g/mol. The summed E-state index contributed by atoms with van der Waals surface area (Å²) < 4.78 is 0.799. The highest BCUT2D eigenvalue weighted by atomic mass is 79.9. The summed E-state index contributed by atoms with van der Waals surface area (Å²) in [5, 5.41) is 16.0. The van der Waals surface area contributed by atoms with E-state index in [1.165, 1.54) is 22.6 Å². The molecule has 1 unspecified atom stereocenters. The van der Waals surface area contributed by atoms with Crippen molar-refractivity contribution < 1.29 is 9.59 Å². The lowest BCUT2D eigenvalue weighted by molar-refractivity contribution is -0.122. The van der Waals surface area contributed by atoms with Crippen LogP contribution in [0.3, 0.4) is 0 Å². The number of thiophene rings is 1. The van der Waals surface area contributed by atoms with E-state index >= 15 is 0 Å². The van der Waals surface area contributed by atoms with Crippen molar-refractivity contribution in [2.24, 2.45) is 0 Å². The van der Waals surface area contributed by atoms with Crippen molar-refractivity contribution in [1.82, 2.24) is 4.90 Å². The highest BCUT2D eigenvalue weighted by Gasteiger charge is 2.25. The zero-order chi connectivity index (χ0) is 21.7. The minimum Gasteiger partial charge on any atom is -0.324 e. The molecule has 2 amide bonds. The van der Waals surface area contributed by atoms with Crippen LogP contribution in [0.25, 0.3) is 0 Å². The maximum atomic E-state index is 12.8. The molecule has 0 saturated heterocycles. The number of benzene rings is 1. The lowest BCUT2D eigenvalue weighted by Gasteiger charge is -2.23. The van der Waals surface area contributed by atoms with Gasteiger partial charge in [-0.05, 0) is 73.3 Å². The number of rotatable bonds is 6. The summed E-state index contributed by atoms with van der Waals surface area (Å²) >= 11 is 4.92. The quantitative estimate of drug-likeness (QED) is 0.584. The van der Waals surface area contributed by atoms with Crippen molar-refractivity contribution in [2.45, 2.75) is 45.1 Å². The lowest BCUT2D eigenvalue weighted by Crippen LogP contribution is -2.43. The fourth-order valence-corrected chi connectivity index (χ4v) is 5.11. The van der Waals surface area contributed by atoms with Crippen LogP contribution in [-0.4, -0.2) is 36.3 Å². The topological polar surface area (TPSA) is 85.2 Å². The highest BCUT2D eigenvalue weighted by Crippen LogP contribution is 2.37. The van der Waals surface area contributed by atoms with Crippen molar-refractivity contribution in [2.75, 3.05) is 24.2 Å². The largest absolute Gasteiger partial charge is 0.324 e. The molecule has 30 heavy (non-hydrogen) atoms. The molecule has 0 fully saturated rings. The second-order valence-electron chi connectivity index (χ2n) is 7.49. The second kappa shape index (κ2) is 10.2. The first kappa shape index (κ1) is 22.5. The van der Waals surface area contributed by atoms with E-state index in [2.05, 4.69) is 32.6 Å². The van der Waals surface area contributed by atoms with Crippen molar-refractivity contribution in [1.29, 1.82) is 5.26 Å². The van der Waals surface area contributed by atoms with Gasteiger partial charge >= 0.3 is 0 Å². The van der Waals surface area contributed by atoms with Gasteiger partial charge in [-0.1, -0.05) is 18.6 Å². The van der Waals surface area contributed by atoms with Gasteiger partial charge in [-0.3, -0.25) is 14.5 Å². The average Bonchev–Trinajstić information content (AvgIpc) is 2.88. The molecular formula is C22H25BrN4O2S. The number of amides is 2. The summed E-state index contributed by atoms with van der Waals surface area (Å²) in [6.07, 6.45) is 5.25. The molecule has 0 spiro atoms. The Balaban J connectivity index is 1.62. The fraction of sp³-hybridized carbons (Fsp3) is 0.409. The molecule has 3 rings (SSSR count). The Morgan fingerprint density at radius 2 is 1.97 bits per heavy atom. The number of halogens is 1. The fourth-order valence-electron chi connectivity index (χ4n) is 3.48. The third kappa shape index (κ3) is 5.28. The second-order valence-corrected chi connectivity index (χ2v) is 9.45. The molecule has 1 aromatic heterocycles. The summed E-state index contributed by atoms with van der Waals surface area (Å²) in [7, 11) is 1.73. The molecule has 0 radical (unpaired) electrons. The van der Waals surface area contributed by atoms with Crippen LogP contribution >= 0.6 is 27.3 Å². The molecule has 0 bridgehead atoms. The smallest absolute Gasteiger partial charge is 0.242 e. The van der Waals surface area contributed by atoms with Crippen LogP contribution in [0.5, 0.6) is 0 Å². The van der Waals surface area contributed by atoms with Gasteiger partial charge in [0.05, 0.1) is 23.8 Å². The summed E-state index contributed by atoms with van der Waals surface area (Å²) in [5.74, 6) is -0.427. The Bertz CT molecular complexity index is 982. The zero-order valence-corrected chi connectivity index (χ0v) is 19.5. The Morgan fingerprint density at radius 1 is 1.23 bits per heavy atom. The van der Waals surface area contributed by atoms with E-state index in [-0.39, 0.29) is 18.4 Å². The maximum absolute atomic E-state index is 12.8. The summed E-state index contributed by atoms with van der Waals surface area (Å²) in [5.41, 5.74) is 2.39. The number of fused-ring (bicyclic) bond motifs is 1. The molecule has 0 saturated carbocycles. The first-order valence-corrected chi connectivity index (χ1v) is 11.6. The highest BCUT2D eigenvalue weighted by molar-refractivity contribution is 9.10. The van der Waals surface area contributed by atoms with Gasteiger partial charge in [-0.15, -0.1) is 11.3 Å². The van der Waals surface area contributed by atoms with E-state index in [0.717, 1.165) is 35.7 Å². The van der Waals surface area contributed by atoms with Crippen LogP contribution < -0.4 is 10.6 Å². The summed E-state index contributed by atoms with van der Waals surface area (Å²) in [6, 6.07) is 9.13. The molecule has 1 heterocycles. The number of anilines is 2. The Hall–Kier alpha value is -2.21. The van der Waals surface area contributed by atoms with Crippen molar-refractivity contribution >= 4 is 49.8 Å². The molecule has 6 nitrogen and oxygen atoms in total. The molecule has 0 aliphatic heterocycles. The SMILES string of the molecule is CC(C(=O)Nc1sc2c(c1C#N)CCCCC2)N(C)CC(=O)Nc1ccccc1Br. The van der Waals surface area contributed by atoms with Crippen LogP contribution in [-0.2, 0) is 22.4 Å². The van der Waals surface area contributed by atoms with Crippen LogP contribution in [0, 0.1) is 11.3 Å². The van der Waals surface area contributed by atoms with Gasteiger partial charge in [0.1, 0.15) is 11.1 Å². The van der Waals surface area contributed by atoms with Crippen molar-refractivity contribution in [3.05, 3.63) is 44.7 Å². The van der Waals surface area contributed by atoms with Crippen molar-refractivity contribution in [3.63, 3.8) is 0 Å². The average molecular weight is 489 g/mol. The molecular weight excluding hydrogens is 464 g/mol. The number of hydrogen-bond acceptors (Lipinski definition) is 5. The standard InChI is InChI=1S/C22H25BrN4O2S/c1-14(27(2)13-20(28)25-18-10-7-6-9-17(18)23)21(29)26-22-16(12-24)15-8-4-3-5-11-19(15)30-22/h6-7,9-10,14H,3-5,8,11,13H2,1-2H3,(H,25,28)(H,26,29). The van der Waals surface area contributed by atoms with E-state index in [4.69, 9.17) is 0 Å². The van der Waals surface area contributed by atoms with Crippen LogP contribution in [0.1, 0.15) is 42.2 Å². The van der Waals surface area contributed by atoms with Crippen LogP contribution in [0.15, 0.2) is 28.7 Å². The van der Waals surface area contributed by atoms with Gasteiger partial charge in [0.25, 0.3) is 0 Å². The maximum Gasteiger partial charge on any atom is 0.242 e. The molecule has 1 atom stereocenters. The number of likely N-dealkylation sites (N-methyl/N-ethyl adjacent to an activating group) is 1. The number of para-hydroxylation sites is 1. The number of aryl methyl sites for hydroxylation is 1. The number of carbonyl (C=O) groups excluding carboxylic acids is 2. The molecule has 2 aromatic rings. The minimum atomic E-state index is -0.525. The number of nitriles is 1. The van der Waals surface area contributed by atoms with Crippen LogP contribution in [0.2, 0.25) is 0 Å². The normalized spacial score (nSPS) is 14.4. The lowest BCUT2D eigenvalue weighted by atomic mass is 10.1. The predicted molar refractivity (Wildman–Crippen MR) is 124 cm³/mol. The Kier molecular flexibility index (Phi) is 7.64. The van der Waals surface area contributed by atoms with E-state index in [1.807, 2.05) is 24.3 Å². The van der Waals surface area contributed by atoms with Gasteiger partial charge in [-0.2, -0.15) is 5.26 Å². The van der Waals surface area contributed by atoms with E-state index in [9.17, 15) is 14.9 Å². The van der Waals surface area contributed by atoms with E-state index < -0.39 is 6.04 Å². The van der Waals surface area contributed by atoms with Crippen LogP contribution in [0.4, 0.5) is 10.7 Å². The van der Waals surface area contributed by atoms with Crippen molar-refractivity contribution in [3.8, 4) is 6.07 Å². The van der Waals surface area contributed by atoms with E-state index in [1.54, 1.807) is 18.9 Å². The number of carbonyl (C=O) groups is 2. The van der Waals surface area contributed by atoms with Gasteiger partial charge < -0.3 is 10.6 Å². The van der Waals surface area contributed by atoms with Gasteiger partial charge in [0, 0.05) is 9.35 Å². The first-order chi connectivity index (χ1) is 14.4. The Morgan fingerprint density at radius 3 is 2.70 bits per heavy atom. The molecule has 1 aromatic carbocycles. The minimum absolute atomic E-state index is 0.0714. The molecule has 2 N–H and O–H groups in total. The summed E-state index contributed by atoms with van der Waals surface area (Å²) in [6.45, 7) is 1.83. The first-order valence-electron chi connectivity index (χ1n) is 10.0. The summed E-state index contributed by atoms with van der Waals surface area (Å²) in [4.78, 5) is 28.1. The van der Waals surface area contributed by atoms with Gasteiger partial charge in [-0.25, -0.2) is 0 Å².